The van der Waals surface area contributed by atoms with Crippen molar-refractivity contribution in [1.82, 2.24) is 4.57 Å². The molecule has 4 heteroatoms. The summed E-state index contributed by atoms with van der Waals surface area (Å²) >= 11 is 0. The van der Waals surface area contributed by atoms with Crippen LogP contribution in [0.5, 0.6) is 5.75 Å². The lowest BCUT2D eigenvalue weighted by Crippen LogP contribution is -2.19. The zero-order chi connectivity index (χ0) is 17.6. The zero-order valence-electron chi connectivity index (χ0n) is 14.5. The Bertz CT molecular complexity index is 841. The minimum absolute atomic E-state index is 0.0338. The van der Waals surface area contributed by atoms with Gasteiger partial charge in [0.2, 0.25) is 5.91 Å². The lowest BCUT2D eigenvalue weighted by molar-refractivity contribution is -0.116. The smallest absolute Gasteiger partial charge is 0.226 e. The molecule has 3 rings (SSSR count). The van der Waals surface area contributed by atoms with Gasteiger partial charge in [0.1, 0.15) is 5.75 Å². The summed E-state index contributed by atoms with van der Waals surface area (Å²) in [6.45, 7) is 2.06. The van der Waals surface area contributed by atoms with E-state index in [1.807, 2.05) is 54.9 Å². The monoisotopic (exact) mass is 334 g/mol. The number of methoxy groups -OCH3 is 1. The summed E-state index contributed by atoms with van der Waals surface area (Å²) in [6, 6.07) is 19.6. The molecule has 0 aliphatic rings. The summed E-state index contributed by atoms with van der Waals surface area (Å²) in [5.41, 5.74) is 3.04. The van der Waals surface area contributed by atoms with Crippen LogP contribution >= 0.6 is 0 Å². The van der Waals surface area contributed by atoms with Crippen molar-refractivity contribution in [2.75, 3.05) is 12.4 Å². The van der Waals surface area contributed by atoms with Crippen LogP contribution in [0.25, 0.3) is 0 Å². The number of anilines is 1. The molecule has 4 nitrogen and oxygen atoms in total. The predicted octanol–water partition coefficient (Wildman–Crippen LogP) is 4.42. The lowest BCUT2D eigenvalue weighted by Gasteiger charge is -2.20. The first-order valence-electron chi connectivity index (χ1n) is 8.28. The number of ether oxygens (including phenoxy) is 1. The van der Waals surface area contributed by atoms with Gasteiger partial charge in [0.15, 0.2) is 0 Å². The summed E-state index contributed by atoms with van der Waals surface area (Å²) in [4.78, 5) is 12.6. The number of nitrogens with zero attached hydrogens (tertiary/aromatic N) is 1. The topological polar surface area (TPSA) is 43.3 Å². The maximum atomic E-state index is 12.6. The van der Waals surface area contributed by atoms with Crippen LogP contribution < -0.4 is 10.1 Å². The molecule has 1 N–H and O–H groups in total. The molecule has 0 aliphatic heterocycles. The van der Waals surface area contributed by atoms with Gasteiger partial charge < -0.3 is 14.6 Å². The second kappa shape index (κ2) is 7.71. The molecule has 0 aliphatic carbocycles. The number of aryl methyl sites for hydroxylation is 1. The Kier molecular flexibility index (Phi) is 5.19. The van der Waals surface area contributed by atoms with Crippen LogP contribution in [-0.4, -0.2) is 17.6 Å². The molecule has 0 bridgehead atoms. The molecule has 0 radical (unpaired) electrons. The van der Waals surface area contributed by atoms with Gasteiger partial charge in [-0.15, -0.1) is 0 Å². The second-order valence-electron chi connectivity index (χ2n) is 6.04. The van der Waals surface area contributed by atoms with Crippen molar-refractivity contribution in [1.29, 1.82) is 0 Å². The Morgan fingerprint density at radius 2 is 1.84 bits per heavy atom. The van der Waals surface area contributed by atoms with Gasteiger partial charge in [-0.3, -0.25) is 4.79 Å². The van der Waals surface area contributed by atoms with E-state index in [0.717, 1.165) is 17.0 Å². The average Bonchev–Trinajstić information content (AvgIpc) is 3.14. The minimum Gasteiger partial charge on any atom is -0.497 e. The number of carbonyl (C=O) groups excluding carboxylic acids is 1. The van der Waals surface area contributed by atoms with Crippen molar-refractivity contribution in [3.8, 4) is 5.75 Å². The summed E-state index contributed by atoms with van der Waals surface area (Å²) in [5, 5.41) is 2.96. The van der Waals surface area contributed by atoms with E-state index in [1.165, 1.54) is 5.56 Å². The first-order chi connectivity index (χ1) is 12.2. The summed E-state index contributed by atoms with van der Waals surface area (Å²) in [7, 11) is 1.61. The number of hydrogen-bond donors (Lipinski definition) is 1. The second-order valence-corrected chi connectivity index (χ2v) is 6.04. The van der Waals surface area contributed by atoms with Gasteiger partial charge in [-0.25, -0.2) is 0 Å². The third kappa shape index (κ3) is 4.29. The highest BCUT2D eigenvalue weighted by Gasteiger charge is 2.17. The number of carbonyl (C=O) groups is 1. The Labute approximate surface area is 148 Å². The molecule has 0 saturated heterocycles. The number of nitrogens with one attached hydrogen (secondary N) is 1. The first kappa shape index (κ1) is 16.8. The van der Waals surface area contributed by atoms with Crippen molar-refractivity contribution >= 4 is 11.6 Å². The molecular formula is C21H22N2O2. The molecule has 0 saturated carbocycles. The van der Waals surface area contributed by atoms with Crippen LogP contribution in [0.1, 0.15) is 23.6 Å². The molecule has 3 aromatic rings. The van der Waals surface area contributed by atoms with Crippen LogP contribution in [-0.2, 0) is 4.79 Å². The van der Waals surface area contributed by atoms with Crippen molar-refractivity contribution in [2.45, 2.75) is 19.4 Å². The maximum absolute atomic E-state index is 12.6. The molecule has 1 atom stereocenters. The fourth-order valence-electron chi connectivity index (χ4n) is 2.92. The van der Waals surface area contributed by atoms with Crippen LogP contribution in [0.3, 0.4) is 0 Å². The molecule has 0 fully saturated rings. The molecule has 1 heterocycles. The molecule has 0 unspecified atom stereocenters. The quantitative estimate of drug-likeness (QED) is 0.725. The molecule has 1 amide bonds. The van der Waals surface area contributed by atoms with Crippen molar-refractivity contribution in [3.63, 3.8) is 0 Å². The van der Waals surface area contributed by atoms with E-state index in [4.69, 9.17) is 4.74 Å². The highest BCUT2D eigenvalue weighted by molar-refractivity contribution is 5.91. The van der Waals surface area contributed by atoms with Crippen molar-refractivity contribution in [2.24, 2.45) is 0 Å². The third-order valence-electron chi connectivity index (χ3n) is 4.15. The SMILES string of the molecule is COc1cccc(NC(=O)C[C@H](c2cccc(C)c2)n2cccc2)c1. The van der Waals surface area contributed by atoms with Gasteiger partial charge in [-0.1, -0.05) is 35.9 Å². The van der Waals surface area contributed by atoms with Crippen LogP contribution in [0.4, 0.5) is 5.69 Å². The zero-order valence-corrected chi connectivity index (χ0v) is 14.5. The van der Waals surface area contributed by atoms with Gasteiger partial charge in [0, 0.05) is 24.1 Å². The van der Waals surface area contributed by atoms with Crippen molar-refractivity contribution in [3.05, 3.63) is 84.2 Å². The van der Waals surface area contributed by atoms with E-state index in [2.05, 4.69) is 35.0 Å². The summed E-state index contributed by atoms with van der Waals surface area (Å²) in [6.07, 6.45) is 4.34. The number of amides is 1. The van der Waals surface area contributed by atoms with Crippen LogP contribution in [0, 0.1) is 6.92 Å². The van der Waals surface area contributed by atoms with Crippen molar-refractivity contribution < 1.29 is 9.53 Å². The van der Waals surface area contributed by atoms with E-state index < -0.39 is 0 Å². The molecule has 0 spiro atoms. The van der Waals surface area contributed by atoms with E-state index in [0.29, 0.717) is 6.42 Å². The van der Waals surface area contributed by atoms with Crippen LogP contribution in [0.15, 0.2) is 73.1 Å². The highest BCUT2D eigenvalue weighted by Crippen LogP contribution is 2.24. The van der Waals surface area contributed by atoms with E-state index in [9.17, 15) is 4.79 Å². The number of rotatable bonds is 6. The van der Waals surface area contributed by atoms with E-state index in [-0.39, 0.29) is 11.9 Å². The number of aromatic nitrogens is 1. The molecule has 25 heavy (non-hydrogen) atoms. The summed E-state index contributed by atoms with van der Waals surface area (Å²) < 4.78 is 7.27. The van der Waals surface area contributed by atoms with Gasteiger partial charge in [-0.2, -0.15) is 0 Å². The van der Waals surface area contributed by atoms with Gasteiger partial charge in [0.05, 0.1) is 19.6 Å². The Balaban J connectivity index is 1.79. The van der Waals surface area contributed by atoms with Crippen LogP contribution in [0.2, 0.25) is 0 Å². The Morgan fingerprint density at radius 3 is 2.56 bits per heavy atom. The van der Waals surface area contributed by atoms with Gasteiger partial charge in [-0.05, 0) is 36.8 Å². The number of hydrogen-bond acceptors (Lipinski definition) is 2. The Hall–Kier alpha value is -3.01. The number of benzene rings is 2. The average molecular weight is 334 g/mol. The first-order valence-corrected chi connectivity index (χ1v) is 8.28. The third-order valence-corrected chi connectivity index (χ3v) is 4.15. The molecule has 128 valence electrons. The fourth-order valence-corrected chi connectivity index (χ4v) is 2.92. The largest absolute Gasteiger partial charge is 0.497 e. The summed E-state index contributed by atoms with van der Waals surface area (Å²) in [5.74, 6) is 0.687. The van der Waals surface area contributed by atoms with E-state index >= 15 is 0 Å². The normalized spacial score (nSPS) is 11.8. The highest BCUT2D eigenvalue weighted by atomic mass is 16.5. The molecular weight excluding hydrogens is 312 g/mol. The lowest BCUT2D eigenvalue weighted by atomic mass is 10.0. The van der Waals surface area contributed by atoms with Gasteiger partial charge in [0.25, 0.3) is 0 Å². The predicted molar refractivity (Wildman–Crippen MR) is 100.0 cm³/mol. The maximum Gasteiger partial charge on any atom is 0.226 e. The van der Waals surface area contributed by atoms with Gasteiger partial charge >= 0.3 is 0 Å². The molecule has 2 aromatic carbocycles. The Morgan fingerprint density at radius 1 is 1.08 bits per heavy atom. The van der Waals surface area contributed by atoms with E-state index in [1.54, 1.807) is 7.11 Å². The molecule has 1 aromatic heterocycles. The minimum atomic E-state index is -0.0412. The fraction of sp³-hybridized carbons (Fsp3) is 0.190. The standard InChI is InChI=1S/C21H22N2O2/c1-16-7-5-8-17(13-16)20(23-11-3-4-12-23)15-21(24)22-18-9-6-10-19(14-18)25-2/h3-14,20H,15H2,1-2H3,(H,22,24)/t20-/m1/s1.